The average molecular weight is 544 g/mol. The highest BCUT2D eigenvalue weighted by Gasteiger charge is 2.31. The van der Waals surface area contributed by atoms with Crippen LogP contribution in [0.3, 0.4) is 0 Å². The first-order valence-electron chi connectivity index (χ1n) is 11.7. The van der Waals surface area contributed by atoms with Crippen molar-refractivity contribution in [2.45, 2.75) is 25.9 Å². The molecule has 3 aromatic rings. The van der Waals surface area contributed by atoms with Crippen LogP contribution in [-0.2, 0) is 26.2 Å². The van der Waals surface area contributed by atoms with E-state index < -0.39 is 28.5 Å². The Kier molecular flexibility index (Phi) is 9.54. The highest BCUT2D eigenvalue weighted by molar-refractivity contribution is 7.92. The van der Waals surface area contributed by atoms with Crippen LogP contribution in [0.25, 0.3) is 0 Å². The molecule has 0 fully saturated rings. The first-order chi connectivity index (χ1) is 17.6. The van der Waals surface area contributed by atoms with Gasteiger partial charge in [0.25, 0.3) is 0 Å². The van der Waals surface area contributed by atoms with Gasteiger partial charge in [0.05, 0.1) is 11.9 Å². The number of anilines is 1. The molecular weight excluding hydrogens is 514 g/mol. The van der Waals surface area contributed by atoms with E-state index in [1.165, 1.54) is 11.9 Å². The number of carbonyl (C=O) groups is 2. The van der Waals surface area contributed by atoms with Crippen molar-refractivity contribution in [3.8, 4) is 11.5 Å². The van der Waals surface area contributed by atoms with Crippen molar-refractivity contribution in [1.82, 2.24) is 10.2 Å². The van der Waals surface area contributed by atoms with Crippen molar-refractivity contribution in [2.24, 2.45) is 0 Å². The fourth-order valence-electron chi connectivity index (χ4n) is 3.82. The molecule has 0 radical (unpaired) electrons. The van der Waals surface area contributed by atoms with Gasteiger partial charge in [-0.3, -0.25) is 13.9 Å². The van der Waals surface area contributed by atoms with Crippen molar-refractivity contribution in [3.63, 3.8) is 0 Å². The number of likely N-dealkylation sites (N-methyl/N-ethyl adjacent to an activating group) is 1. The number of hydrogen-bond donors (Lipinski definition) is 1. The van der Waals surface area contributed by atoms with E-state index in [1.54, 1.807) is 67.6 Å². The Balaban J connectivity index is 1.89. The molecule has 0 saturated heterocycles. The molecule has 3 rings (SSSR count). The van der Waals surface area contributed by atoms with E-state index in [0.717, 1.165) is 10.6 Å². The zero-order chi connectivity index (χ0) is 27.0. The second-order valence-electron chi connectivity index (χ2n) is 8.33. The first kappa shape index (κ1) is 28.0. The molecule has 10 heteroatoms. The topological polar surface area (TPSA) is 96.0 Å². The zero-order valence-electron chi connectivity index (χ0n) is 20.9. The summed E-state index contributed by atoms with van der Waals surface area (Å²) in [6, 6.07) is 21.8. The molecule has 0 bridgehead atoms. The lowest BCUT2D eigenvalue weighted by Gasteiger charge is -2.32. The molecule has 0 aliphatic carbocycles. The average Bonchev–Trinajstić information content (AvgIpc) is 2.88. The van der Waals surface area contributed by atoms with Crippen LogP contribution in [-0.4, -0.2) is 51.0 Å². The molecule has 0 unspecified atom stereocenters. The van der Waals surface area contributed by atoms with Gasteiger partial charge in [0, 0.05) is 18.6 Å². The Morgan fingerprint density at radius 1 is 0.946 bits per heavy atom. The highest BCUT2D eigenvalue weighted by Crippen LogP contribution is 2.26. The predicted molar refractivity (Wildman–Crippen MR) is 145 cm³/mol. The van der Waals surface area contributed by atoms with Crippen LogP contribution in [0.2, 0.25) is 5.02 Å². The quantitative estimate of drug-likeness (QED) is 0.385. The summed E-state index contributed by atoms with van der Waals surface area (Å²) in [5, 5.41) is 3.03. The van der Waals surface area contributed by atoms with Crippen LogP contribution in [0.4, 0.5) is 5.69 Å². The fourth-order valence-corrected chi connectivity index (χ4v) is 4.86. The van der Waals surface area contributed by atoms with Crippen molar-refractivity contribution in [3.05, 3.63) is 89.4 Å². The summed E-state index contributed by atoms with van der Waals surface area (Å²) in [5.41, 5.74) is 0.940. The van der Waals surface area contributed by atoms with Crippen LogP contribution < -0.4 is 14.4 Å². The summed E-state index contributed by atoms with van der Waals surface area (Å²) < 4.78 is 32.3. The number of carbonyl (C=O) groups excluding carboxylic acids is 2. The minimum atomic E-state index is -3.84. The van der Waals surface area contributed by atoms with Crippen molar-refractivity contribution < 1.29 is 22.7 Å². The normalized spacial score (nSPS) is 11.9. The first-order valence-corrected chi connectivity index (χ1v) is 13.9. The highest BCUT2D eigenvalue weighted by atomic mass is 35.5. The van der Waals surface area contributed by atoms with E-state index in [2.05, 4.69) is 5.32 Å². The van der Waals surface area contributed by atoms with Gasteiger partial charge in [0.15, 0.2) is 0 Å². The lowest BCUT2D eigenvalue weighted by Crippen LogP contribution is -2.51. The maximum atomic E-state index is 13.6. The molecule has 0 aliphatic rings. The smallest absolute Gasteiger partial charge is 0.244 e. The lowest BCUT2D eigenvalue weighted by atomic mass is 10.1. The molecule has 1 atom stereocenters. The molecule has 1 N–H and O–H groups in total. The number of sulfonamides is 1. The van der Waals surface area contributed by atoms with Crippen LogP contribution in [0.15, 0.2) is 78.9 Å². The molecule has 0 aliphatic heterocycles. The predicted octanol–water partition coefficient (Wildman–Crippen LogP) is 4.45. The van der Waals surface area contributed by atoms with Crippen LogP contribution in [0.5, 0.6) is 11.5 Å². The third-order valence-electron chi connectivity index (χ3n) is 5.71. The van der Waals surface area contributed by atoms with Gasteiger partial charge in [-0.1, -0.05) is 54.9 Å². The van der Waals surface area contributed by atoms with E-state index in [-0.39, 0.29) is 12.5 Å². The number of nitrogens with one attached hydrogen (secondary N) is 1. The van der Waals surface area contributed by atoms with Crippen LogP contribution in [0.1, 0.15) is 18.9 Å². The summed E-state index contributed by atoms with van der Waals surface area (Å²) in [6.45, 7) is 1.34. The monoisotopic (exact) mass is 543 g/mol. The minimum Gasteiger partial charge on any atom is -0.457 e. The van der Waals surface area contributed by atoms with Gasteiger partial charge >= 0.3 is 0 Å². The Morgan fingerprint density at radius 3 is 2.11 bits per heavy atom. The summed E-state index contributed by atoms with van der Waals surface area (Å²) in [6.07, 6.45) is 1.36. The molecule has 0 aromatic heterocycles. The standard InChI is InChI=1S/C27H30ClN3O5S/c1-4-25(27(33)29-2)30(18-20-10-8-9-13-24(20)28)26(32)19-31(37(3,34)35)21-14-16-23(17-15-21)36-22-11-6-5-7-12-22/h5-17,25H,4,18-19H2,1-3H3,(H,29,33)/t25-/m0/s1. The van der Waals surface area contributed by atoms with Crippen LogP contribution >= 0.6 is 11.6 Å². The maximum Gasteiger partial charge on any atom is 0.244 e. The number of amides is 2. The van der Waals surface area contributed by atoms with Gasteiger partial charge in [0.2, 0.25) is 21.8 Å². The Morgan fingerprint density at radius 2 is 1.54 bits per heavy atom. The largest absolute Gasteiger partial charge is 0.457 e. The maximum absolute atomic E-state index is 13.6. The molecule has 37 heavy (non-hydrogen) atoms. The summed E-state index contributed by atoms with van der Waals surface area (Å²) in [7, 11) is -2.35. The van der Waals surface area contributed by atoms with E-state index in [0.29, 0.717) is 34.2 Å². The molecule has 196 valence electrons. The summed E-state index contributed by atoms with van der Waals surface area (Å²) in [4.78, 5) is 27.6. The molecular formula is C27H30ClN3O5S. The Bertz CT molecular complexity index is 1320. The van der Waals surface area contributed by atoms with E-state index >= 15 is 0 Å². The van der Waals surface area contributed by atoms with Gasteiger partial charge in [0.1, 0.15) is 24.1 Å². The van der Waals surface area contributed by atoms with Crippen molar-refractivity contribution >= 4 is 39.1 Å². The molecule has 0 heterocycles. The number of nitrogens with zero attached hydrogens (tertiary/aromatic N) is 2. The number of hydrogen-bond acceptors (Lipinski definition) is 5. The van der Waals surface area contributed by atoms with E-state index in [9.17, 15) is 18.0 Å². The van der Waals surface area contributed by atoms with E-state index in [1.807, 2.05) is 18.2 Å². The summed E-state index contributed by atoms with van der Waals surface area (Å²) >= 11 is 6.32. The molecule has 2 amide bonds. The number of rotatable bonds is 11. The second kappa shape index (κ2) is 12.6. The van der Waals surface area contributed by atoms with Crippen LogP contribution in [0, 0.1) is 0 Å². The van der Waals surface area contributed by atoms with Gasteiger partial charge in [-0.25, -0.2) is 8.42 Å². The summed E-state index contributed by atoms with van der Waals surface area (Å²) in [5.74, 6) is 0.266. The third kappa shape index (κ3) is 7.47. The third-order valence-corrected chi connectivity index (χ3v) is 7.22. The number of ether oxygens (including phenoxy) is 1. The van der Waals surface area contributed by atoms with Gasteiger partial charge in [-0.05, 0) is 54.4 Å². The number of para-hydroxylation sites is 1. The lowest BCUT2D eigenvalue weighted by molar-refractivity contribution is -0.140. The SMILES string of the molecule is CC[C@@H](C(=O)NC)N(Cc1ccccc1Cl)C(=O)CN(c1ccc(Oc2ccccc2)cc1)S(C)(=O)=O. The molecule has 8 nitrogen and oxygen atoms in total. The van der Waals surface area contributed by atoms with Crippen molar-refractivity contribution in [1.29, 1.82) is 0 Å². The number of halogens is 1. The minimum absolute atomic E-state index is 0.0475. The zero-order valence-corrected chi connectivity index (χ0v) is 22.5. The van der Waals surface area contributed by atoms with Gasteiger partial charge in [-0.2, -0.15) is 0 Å². The second-order valence-corrected chi connectivity index (χ2v) is 10.6. The van der Waals surface area contributed by atoms with Gasteiger partial charge < -0.3 is 15.0 Å². The van der Waals surface area contributed by atoms with Crippen molar-refractivity contribution in [2.75, 3.05) is 24.2 Å². The molecule has 0 saturated carbocycles. The molecule has 3 aromatic carbocycles. The fraction of sp³-hybridized carbons (Fsp3) is 0.259. The molecule has 0 spiro atoms. The Hall–Kier alpha value is -3.56. The Labute approximate surface area is 222 Å². The van der Waals surface area contributed by atoms with E-state index in [4.69, 9.17) is 16.3 Å². The number of benzene rings is 3. The van der Waals surface area contributed by atoms with Gasteiger partial charge in [-0.15, -0.1) is 0 Å².